The van der Waals surface area contributed by atoms with E-state index in [1.165, 1.54) is 17.7 Å². The average Bonchev–Trinajstić information content (AvgIpc) is 2.52. The lowest BCUT2D eigenvalue weighted by Gasteiger charge is -2.15. The summed E-state index contributed by atoms with van der Waals surface area (Å²) in [6.07, 6.45) is 0.415. The van der Waals surface area contributed by atoms with Crippen LogP contribution < -0.4 is 5.32 Å². The van der Waals surface area contributed by atoms with Gasteiger partial charge in [-0.25, -0.2) is 4.39 Å². The third kappa shape index (κ3) is 4.96. The Morgan fingerprint density at radius 2 is 1.67 bits per heavy atom. The molecule has 0 saturated carbocycles. The molecule has 0 aliphatic rings. The van der Waals surface area contributed by atoms with Crippen LogP contribution in [0.1, 0.15) is 36.5 Å². The van der Waals surface area contributed by atoms with Crippen molar-refractivity contribution in [1.29, 1.82) is 0 Å². The minimum atomic E-state index is -0.599. The molecule has 2 aromatic carbocycles. The Kier molecular flexibility index (Phi) is 5.90. The minimum Gasteiger partial charge on any atom is -0.387 e. The Morgan fingerprint density at radius 1 is 1.00 bits per heavy atom. The topological polar surface area (TPSA) is 32.3 Å². The lowest BCUT2D eigenvalue weighted by molar-refractivity contribution is 0.174. The predicted molar refractivity (Wildman–Crippen MR) is 83.7 cm³/mol. The van der Waals surface area contributed by atoms with Crippen molar-refractivity contribution in [3.05, 3.63) is 71.5 Å². The summed E-state index contributed by atoms with van der Waals surface area (Å²) in [7, 11) is 0. The van der Waals surface area contributed by atoms with Crippen LogP contribution in [0.5, 0.6) is 0 Å². The normalized spacial score (nSPS) is 13.9. The van der Waals surface area contributed by atoms with Crippen molar-refractivity contribution < 1.29 is 9.50 Å². The number of halogens is 1. The Morgan fingerprint density at radius 3 is 2.33 bits per heavy atom. The molecule has 2 aromatic rings. The molecule has 3 heteroatoms. The molecule has 112 valence electrons. The molecule has 0 fully saturated rings. The number of aliphatic hydroxyl groups is 1. The molecule has 2 unspecified atom stereocenters. The van der Waals surface area contributed by atoms with E-state index >= 15 is 0 Å². The van der Waals surface area contributed by atoms with Gasteiger partial charge in [0.25, 0.3) is 0 Å². The van der Waals surface area contributed by atoms with Crippen molar-refractivity contribution in [2.45, 2.75) is 25.4 Å². The fourth-order valence-corrected chi connectivity index (χ4v) is 2.31. The Hall–Kier alpha value is -1.71. The van der Waals surface area contributed by atoms with E-state index in [9.17, 15) is 9.50 Å². The van der Waals surface area contributed by atoms with Gasteiger partial charge >= 0.3 is 0 Å². The van der Waals surface area contributed by atoms with E-state index in [0.717, 1.165) is 18.5 Å². The average molecular weight is 287 g/mol. The highest BCUT2D eigenvalue weighted by atomic mass is 19.1. The quantitative estimate of drug-likeness (QED) is 0.762. The van der Waals surface area contributed by atoms with Gasteiger partial charge in [-0.3, -0.25) is 0 Å². The van der Waals surface area contributed by atoms with Crippen LogP contribution in [0, 0.1) is 5.82 Å². The van der Waals surface area contributed by atoms with Crippen LogP contribution in [0.15, 0.2) is 54.6 Å². The van der Waals surface area contributed by atoms with Gasteiger partial charge in [-0.15, -0.1) is 0 Å². The maximum absolute atomic E-state index is 12.8. The zero-order chi connectivity index (χ0) is 15.1. The summed E-state index contributed by atoms with van der Waals surface area (Å²) in [6, 6.07) is 16.4. The molecule has 2 atom stereocenters. The second kappa shape index (κ2) is 7.91. The van der Waals surface area contributed by atoms with E-state index < -0.39 is 6.10 Å². The van der Waals surface area contributed by atoms with Gasteiger partial charge in [-0.2, -0.15) is 0 Å². The third-order valence-electron chi connectivity index (χ3n) is 3.72. The van der Waals surface area contributed by atoms with E-state index in [4.69, 9.17) is 0 Å². The largest absolute Gasteiger partial charge is 0.387 e. The fraction of sp³-hybridized carbons (Fsp3) is 0.333. The SMILES string of the molecule is CC(CCNCC(O)c1ccc(F)cc1)c1ccccc1. The number of aliphatic hydroxyl groups excluding tert-OH is 1. The van der Waals surface area contributed by atoms with Crippen molar-refractivity contribution in [2.24, 2.45) is 0 Å². The summed E-state index contributed by atoms with van der Waals surface area (Å²) in [4.78, 5) is 0. The monoisotopic (exact) mass is 287 g/mol. The molecule has 21 heavy (non-hydrogen) atoms. The highest BCUT2D eigenvalue weighted by molar-refractivity contribution is 5.19. The van der Waals surface area contributed by atoms with Gasteiger partial charge in [0.1, 0.15) is 5.82 Å². The molecular weight excluding hydrogens is 265 g/mol. The van der Waals surface area contributed by atoms with Crippen LogP contribution in [-0.4, -0.2) is 18.2 Å². The van der Waals surface area contributed by atoms with Crippen molar-refractivity contribution in [2.75, 3.05) is 13.1 Å². The van der Waals surface area contributed by atoms with E-state index in [2.05, 4.69) is 36.5 Å². The van der Waals surface area contributed by atoms with Crippen LogP contribution in [-0.2, 0) is 0 Å². The number of benzene rings is 2. The first kappa shape index (κ1) is 15.7. The predicted octanol–water partition coefficient (Wildman–Crippen LogP) is 3.64. The smallest absolute Gasteiger partial charge is 0.123 e. The number of nitrogens with one attached hydrogen (secondary N) is 1. The van der Waals surface area contributed by atoms with Crippen LogP contribution in [0.4, 0.5) is 4.39 Å². The molecule has 0 saturated heterocycles. The fourth-order valence-electron chi connectivity index (χ4n) is 2.31. The molecule has 0 aliphatic heterocycles. The van der Waals surface area contributed by atoms with Crippen LogP contribution in [0.3, 0.4) is 0 Å². The maximum Gasteiger partial charge on any atom is 0.123 e. The minimum absolute atomic E-state index is 0.282. The number of rotatable bonds is 7. The first-order chi connectivity index (χ1) is 10.2. The highest BCUT2D eigenvalue weighted by Gasteiger charge is 2.08. The Labute approximate surface area is 125 Å². The summed E-state index contributed by atoms with van der Waals surface area (Å²) >= 11 is 0. The van der Waals surface area contributed by atoms with Gasteiger partial charge in [-0.05, 0) is 42.1 Å². The van der Waals surface area contributed by atoms with Crippen molar-refractivity contribution in [1.82, 2.24) is 5.32 Å². The van der Waals surface area contributed by atoms with Gasteiger partial charge in [0.05, 0.1) is 6.10 Å². The van der Waals surface area contributed by atoms with Gasteiger partial charge in [0, 0.05) is 6.54 Å². The molecule has 0 spiro atoms. The molecule has 0 bridgehead atoms. The molecule has 0 radical (unpaired) electrons. The molecule has 0 amide bonds. The van der Waals surface area contributed by atoms with E-state index in [1.54, 1.807) is 12.1 Å². The molecular formula is C18H22FNO. The molecule has 0 heterocycles. The van der Waals surface area contributed by atoms with Crippen LogP contribution in [0.25, 0.3) is 0 Å². The first-order valence-corrected chi connectivity index (χ1v) is 7.36. The Bertz CT molecular complexity index is 527. The van der Waals surface area contributed by atoms with Gasteiger partial charge in [0.2, 0.25) is 0 Å². The molecule has 0 aromatic heterocycles. The maximum atomic E-state index is 12.8. The van der Waals surface area contributed by atoms with Crippen LogP contribution >= 0.6 is 0 Å². The number of hydrogen-bond acceptors (Lipinski definition) is 2. The van der Waals surface area contributed by atoms with Crippen molar-refractivity contribution in [3.63, 3.8) is 0 Å². The van der Waals surface area contributed by atoms with Crippen molar-refractivity contribution in [3.8, 4) is 0 Å². The van der Waals surface area contributed by atoms with Gasteiger partial charge < -0.3 is 10.4 Å². The first-order valence-electron chi connectivity index (χ1n) is 7.36. The zero-order valence-corrected chi connectivity index (χ0v) is 12.3. The Balaban J connectivity index is 1.71. The van der Waals surface area contributed by atoms with E-state index in [0.29, 0.717) is 12.5 Å². The summed E-state index contributed by atoms with van der Waals surface area (Å²) < 4.78 is 12.8. The number of hydrogen-bond donors (Lipinski definition) is 2. The third-order valence-corrected chi connectivity index (χ3v) is 3.72. The second-order valence-electron chi connectivity index (χ2n) is 5.37. The highest BCUT2D eigenvalue weighted by Crippen LogP contribution is 2.18. The van der Waals surface area contributed by atoms with Crippen molar-refractivity contribution >= 4 is 0 Å². The van der Waals surface area contributed by atoms with E-state index in [1.807, 2.05) is 6.07 Å². The molecule has 2 nitrogen and oxygen atoms in total. The van der Waals surface area contributed by atoms with E-state index in [-0.39, 0.29) is 5.82 Å². The second-order valence-corrected chi connectivity index (χ2v) is 5.37. The molecule has 2 rings (SSSR count). The van der Waals surface area contributed by atoms with Gasteiger partial charge in [0.15, 0.2) is 0 Å². The lowest BCUT2D eigenvalue weighted by atomic mass is 9.98. The molecule has 2 N–H and O–H groups in total. The lowest BCUT2D eigenvalue weighted by Crippen LogP contribution is -2.23. The summed E-state index contributed by atoms with van der Waals surface area (Å²) in [5, 5.41) is 13.3. The standard InChI is InChI=1S/C18H22FNO/c1-14(15-5-3-2-4-6-15)11-12-20-13-18(21)16-7-9-17(19)10-8-16/h2-10,14,18,20-21H,11-13H2,1H3. The summed E-state index contributed by atoms with van der Waals surface area (Å²) in [5.74, 6) is 0.206. The summed E-state index contributed by atoms with van der Waals surface area (Å²) in [6.45, 7) is 3.52. The van der Waals surface area contributed by atoms with Gasteiger partial charge in [-0.1, -0.05) is 49.4 Å². The summed E-state index contributed by atoms with van der Waals surface area (Å²) in [5.41, 5.74) is 2.07. The molecule has 0 aliphatic carbocycles. The van der Waals surface area contributed by atoms with Crippen LogP contribution in [0.2, 0.25) is 0 Å². The zero-order valence-electron chi connectivity index (χ0n) is 12.3.